The third-order valence-electron chi connectivity index (χ3n) is 7.23. The maximum Gasteiger partial charge on any atom is 0.407 e. The molecule has 0 radical (unpaired) electrons. The van der Waals surface area contributed by atoms with E-state index in [4.69, 9.17) is 4.74 Å². The summed E-state index contributed by atoms with van der Waals surface area (Å²) in [6.45, 7) is 8.87. The minimum Gasteiger partial charge on any atom is -0.447 e. The lowest BCUT2D eigenvalue weighted by Crippen LogP contribution is -2.58. The number of carbonyl (C=O) groups is 2. The van der Waals surface area contributed by atoms with Gasteiger partial charge in [0.05, 0.1) is 5.54 Å². The van der Waals surface area contributed by atoms with Crippen molar-refractivity contribution in [2.75, 3.05) is 19.7 Å². The van der Waals surface area contributed by atoms with Crippen LogP contribution in [0.25, 0.3) is 0 Å². The Morgan fingerprint density at radius 2 is 2.04 bits per heavy atom. The molecule has 2 atom stereocenters. The van der Waals surface area contributed by atoms with Crippen LogP contribution in [0.1, 0.15) is 51.2 Å². The minimum absolute atomic E-state index is 0.0301. The van der Waals surface area contributed by atoms with Crippen molar-refractivity contribution in [1.82, 2.24) is 10.2 Å². The van der Waals surface area contributed by atoms with Crippen molar-refractivity contribution in [3.63, 3.8) is 0 Å². The van der Waals surface area contributed by atoms with Gasteiger partial charge in [-0.1, -0.05) is 45.0 Å². The van der Waals surface area contributed by atoms with Gasteiger partial charge in [0.2, 0.25) is 5.91 Å². The number of rotatable bonds is 2. The predicted molar refractivity (Wildman–Crippen MR) is 101 cm³/mol. The van der Waals surface area contributed by atoms with Gasteiger partial charge in [0, 0.05) is 24.4 Å². The molecule has 2 saturated heterocycles. The van der Waals surface area contributed by atoms with Gasteiger partial charge in [-0.25, -0.2) is 4.79 Å². The van der Waals surface area contributed by atoms with Crippen LogP contribution in [0.4, 0.5) is 4.79 Å². The maximum atomic E-state index is 13.0. The molecule has 0 bridgehead atoms. The molecule has 2 saturated carbocycles. The smallest absolute Gasteiger partial charge is 0.407 e. The topological polar surface area (TPSA) is 58.6 Å². The molecule has 27 heavy (non-hydrogen) atoms. The van der Waals surface area contributed by atoms with Crippen molar-refractivity contribution in [2.24, 2.45) is 11.8 Å². The van der Waals surface area contributed by atoms with Gasteiger partial charge >= 0.3 is 6.09 Å². The first kappa shape index (κ1) is 17.1. The second kappa shape index (κ2) is 5.27. The normalized spacial score (nSPS) is 36.9. The van der Waals surface area contributed by atoms with Crippen LogP contribution in [0.3, 0.4) is 0 Å². The van der Waals surface area contributed by atoms with Crippen LogP contribution in [-0.4, -0.2) is 42.1 Å². The summed E-state index contributed by atoms with van der Waals surface area (Å²) in [7, 11) is 0. The van der Waals surface area contributed by atoms with E-state index in [2.05, 4.69) is 55.3 Å². The molecule has 4 aliphatic rings. The number of cyclic esters (lactones) is 1. The number of nitrogens with zero attached hydrogens (tertiary/aromatic N) is 1. The Hall–Kier alpha value is -2.04. The molecular formula is C22H28N2O3. The van der Waals surface area contributed by atoms with E-state index in [0.717, 1.165) is 13.1 Å². The minimum atomic E-state index is -0.346. The largest absolute Gasteiger partial charge is 0.447 e. The molecule has 1 spiro atoms. The molecule has 5 rings (SSSR count). The molecular weight excluding hydrogens is 340 g/mol. The molecule has 5 heteroatoms. The number of ether oxygens (including phenoxy) is 1. The number of alkyl carbamates (subject to hydrolysis) is 1. The Kier molecular flexibility index (Phi) is 3.33. The van der Waals surface area contributed by atoms with E-state index < -0.39 is 0 Å². The Morgan fingerprint density at radius 3 is 2.70 bits per heavy atom. The second-order valence-electron chi connectivity index (χ2n) is 10.2. The molecule has 4 fully saturated rings. The van der Waals surface area contributed by atoms with Gasteiger partial charge in [-0.15, -0.1) is 0 Å². The van der Waals surface area contributed by atoms with E-state index in [9.17, 15) is 9.59 Å². The number of nitrogens with one attached hydrogen (secondary N) is 1. The molecule has 2 aliphatic heterocycles. The van der Waals surface area contributed by atoms with Crippen molar-refractivity contribution < 1.29 is 14.3 Å². The zero-order chi connectivity index (χ0) is 19.0. The summed E-state index contributed by atoms with van der Waals surface area (Å²) < 4.78 is 5.03. The Labute approximate surface area is 160 Å². The van der Waals surface area contributed by atoms with Crippen molar-refractivity contribution >= 4 is 12.0 Å². The number of carbonyl (C=O) groups excluding carboxylic acids is 2. The van der Waals surface area contributed by atoms with E-state index >= 15 is 0 Å². The molecule has 1 N–H and O–H groups in total. The highest BCUT2D eigenvalue weighted by Gasteiger charge is 2.63. The fourth-order valence-corrected chi connectivity index (χ4v) is 5.42. The number of piperidine rings is 1. The molecule has 2 heterocycles. The molecule has 2 unspecified atom stereocenters. The van der Waals surface area contributed by atoms with Crippen molar-refractivity contribution in [1.29, 1.82) is 0 Å². The fraction of sp³-hybridized carbons (Fsp3) is 0.636. The van der Waals surface area contributed by atoms with Crippen molar-refractivity contribution in [2.45, 2.75) is 56.4 Å². The van der Waals surface area contributed by atoms with Gasteiger partial charge < -0.3 is 15.0 Å². The first-order valence-corrected chi connectivity index (χ1v) is 10.1. The third kappa shape index (κ3) is 2.58. The predicted octanol–water partition coefficient (Wildman–Crippen LogP) is 2.97. The van der Waals surface area contributed by atoms with E-state index in [1.54, 1.807) is 0 Å². The van der Waals surface area contributed by atoms with Gasteiger partial charge in [0.1, 0.15) is 6.61 Å². The highest BCUT2D eigenvalue weighted by atomic mass is 16.6. The number of benzene rings is 1. The Bertz CT molecular complexity index is 821. The van der Waals surface area contributed by atoms with E-state index in [1.165, 1.54) is 17.5 Å². The Balaban J connectivity index is 1.27. The molecule has 2 aliphatic carbocycles. The van der Waals surface area contributed by atoms with Gasteiger partial charge in [0.25, 0.3) is 0 Å². The first-order valence-electron chi connectivity index (χ1n) is 10.1. The summed E-state index contributed by atoms with van der Waals surface area (Å²) in [6.07, 6.45) is 2.28. The summed E-state index contributed by atoms with van der Waals surface area (Å²) in [6, 6.07) is 8.98. The van der Waals surface area contributed by atoms with Crippen molar-refractivity contribution in [3.05, 3.63) is 35.4 Å². The maximum absolute atomic E-state index is 13.0. The molecule has 2 amide bonds. The zero-order valence-electron chi connectivity index (χ0n) is 16.4. The molecule has 1 aromatic rings. The lowest BCUT2D eigenvalue weighted by atomic mass is 9.68. The summed E-state index contributed by atoms with van der Waals surface area (Å²) >= 11 is 0. The average molecular weight is 368 g/mol. The highest BCUT2D eigenvalue weighted by Crippen LogP contribution is 2.59. The SMILES string of the molecule is CC(C)(C)c1cccc(C23CC2CN(C(=O)[C@H]2C[C@]4(COC(=O)N4)C2)C3)c1. The van der Waals surface area contributed by atoms with Crippen LogP contribution >= 0.6 is 0 Å². The van der Waals surface area contributed by atoms with Crippen LogP contribution in [0.5, 0.6) is 0 Å². The quantitative estimate of drug-likeness (QED) is 0.873. The lowest BCUT2D eigenvalue weighted by Gasteiger charge is -2.43. The number of hydrogen-bond acceptors (Lipinski definition) is 3. The first-order chi connectivity index (χ1) is 12.7. The Morgan fingerprint density at radius 1 is 1.26 bits per heavy atom. The van der Waals surface area contributed by atoms with Crippen LogP contribution in [0.15, 0.2) is 24.3 Å². The highest BCUT2D eigenvalue weighted by molar-refractivity contribution is 5.82. The van der Waals surface area contributed by atoms with Gasteiger partial charge in [-0.05, 0) is 41.7 Å². The zero-order valence-corrected chi connectivity index (χ0v) is 16.4. The second-order valence-corrected chi connectivity index (χ2v) is 10.2. The number of likely N-dealkylation sites (tertiary alicyclic amines) is 1. The lowest BCUT2D eigenvalue weighted by molar-refractivity contribution is -0.140. The third-order valence-corrected chi connectivity index (χ3v) is 7.23. The van der Waals surface area contributed by atoms with Gasteiger partial charge in [0.15, 0.2) is 0 Å². The summed E-state index contributed by atoms with van der Waals surface area (Å²) in [4.78, 5) is 26.4. The summed E-state index contributed by atoms with van der Waals surface area (Å²) in [5.41, 5.74) is 2.79. The van der Waals surface area contributed by atoms with E-state index in [0.29, 0.717) is 25.4 Å². The average Bonchev–Trinajstić information content (AvgIpc) is 2.96. The molecule has 0 aromatic heterocycles. The number of amides is 2. The van der Waals surface area contributed by atoms with Gasteiger partial charge in [-0.2, -0.15) is 0 Å². The van der Waals surface area contributed by atoms with Crippen LogP contribution in [0, 0.1) is 11.8 Å². The van der Waals surface area contributed by atoms with E-state index in [1.807, 2.05) is 0 Å². The standard InChI is InChI=1S/C22H28N2O3/c1-20(2,3)15-5-4-6-16(7-15)22-10-17(22)11-24(12-22)18(25)14-8-21(9-14)13-27-19(26)23-21/h4-7,14,17H,8-13H2,1-3H3,(H,23,26)/t14-,17?,21+,22?. The number of hydrogen-bond donors (Lipinski definition) is 1. The van der Waals surface area contributed by atoms with Crippen LogP contribution in [0.2, 0.25) is 0 Å². The number of fused-ring (bicyclic) bond motifs is 1. The van der Waals surface area contributed by atoms with Crippen molar-refractivity contribution in [3.8, 4) is 0 Å². The molecule has 1 aromatic carbocycles. The fourth-order valence-electron chi connectivity index (χ4n) is 5.42. The van der Waals surface area contributed by atoms with E-state index in [-0.39, 0.29) is 34.3 Å². The monoisotopic (exact) mass is 368 g/mol. The van der Waals surface area contributed by atoms with Crippen LogP contribution in [-0.2, 0) is 20.4 Å². The summed E-state index contributed by atoms with van der Waals surface area (Å²) in [5.74, 6) is 0.892. The molecule has 5 nitrogen and oxygen atoms in total. The van der Waals surface area contributed by atoms with Crippen LogP contribution < -0.4 is 5.32 Å². The summed E-state index contributed by atoms with van der Waals surface area (Å²) in [5, 5.41) is 2.88. The van der Waals surface area contributed by atoms with Gasteiger partial charge in [-0.3, -0.25) is 4.79 Å². The molecule has 144 valence electrons.